The van der Waals surface area contributed by atoms with Gasteiger partial charge in [0, 0.05) is 5.56 Å². The second-order valence-corrected chi connectivity index (χ2v) is 6.06. The summed E-state index contributed by atoms with van der Waals surface area (Å²) >= 11 is 0. The molecule has 0 aliphatic rings. The maximum absolute atomic E-state index is 13.9. The van der Waals surface area contributed by atoms with E-state index in [2.05, 4.69) is 15.5 Å². The summed E-state index contributed by atoms with van der Waals surface area (Å²) in [5.74, 6) is -3.97. The normalized spacial score (nSPS) is 11.8. The molecule has 0 aliphatic carbocycles. The highest BCUT2D eigenvalue weighted by Crippen LogP contribution is 2.24. The average molecular weight is 403 g/mol. The Bertz CT molecular complexity index is 1050. The van der Waals surface area contributed by atoms with E-state index in [4.69, 9.17) is 9.63 Å². The first-order valence-corrected chi connectivity index (χ1v) is 8.39. The van der Waals surface area contributed by atoms with Gasteiger partial charge >= 0.3 is 5.97 Å². The Kier molecular flexibility index (Phi) is 5.93. The van der Waals surface area contributed by atoms with Crippen molar-refractivity contribution < 1.29 is 33.1 Å². The van der Waals surface area contributed by atoms with Gasteiger partial charge in [-0.1, -0.05) is 17.3 Å². The van der Waals surface area contributed by atoms with E-state index in [1.165, 1.54) is 12.1 Å². The molecule has 0 spiro atoms. The lowest BCUT2D eigenvalue weighted by Gasteiger charge is -2.13. The molecule has 29 heavy (non-hydrogen) atoms. The van der Waals surface area contributed by atoms with Crippen LogP contribution in [-0.2, 0) is 11.4 Å². The van der Waals surface area contributed by atoms with Gasteiger partial charge in [-0.05, 0) is 35.9 Å². The highest BCUT2D eigenvalue weighted by atomic mass is 19.1. The molecule has 3 rings (SSSR count). The van der Waals surface area contributed by atoms with Crippen LogP contribution >= 0.6 is 0 Å². The van der Waals surface area contributed by atoms with Gasteiger partial charge in [0.25, 0.3) is 5.91 Å². The second kappa shape index (κ2) is 8.57. The SMILES string of the molecule is O=C(O)C[C@H](NC(=O)c1cccc(CO)c1)c1nc(-c2cc(F)ccc2F)no1. The van der Waals surface area contributed by atoms with E-state index in [0.29, 0.717) is 5.56 Å². The van der Waals surface area contributed by atoms with Crippen molar-refractivity contribution in [1.29, 1.82) is 0 Å². The van der Waals surface area contributed by atoms with Crippen LogP contribution in [0, 0.1) is 11.6 Å². The number of carboxylic acid groups (broad SMARTS) is 1. The predicted molar refractivity (Wildman–Crippen MR) is 94.5 cm³/mol. The molecule has 0 radical (unpaired) electrons. The number of nitrogens with one attached hydrogen (secondary N) is 1. The molecule has 0 bridgehead atoms. The molecular formula is C19H15F2N3O5. The molecule has 0 aliphatic heterocycles. The summed E-state index contributed by atoms with van der Waals surface area (Å²) in [6, 6.07) is 7.57. The number of aliphatic hydroxyl groups excluding tert-OH is 1. The third-order valence-electron chi connectivity index (χ3n) is 3.96. The number of benzene rings is 2. The quantitative estimate of drug-likeness (QED) is 0.553. The highest BCUT2D eigenvalue weighted by Gasteiger charge is 2.26. The van der Waals surface area contributed by atoms with E-state index in [1.807, 2.05) is 0 Å². The average Bonchev–Trinajstić information content (AvgIpc) is 3.19. The first kappa shape index (κ1) is 20.1. The van der Waals surface area contributed by atoms with E-state index in [-0.39, 0.29) is 29.4 Å². The van der Waals surface area contributed by atoms with Gasteiger partial charge in [0.15, 0.2) is 0 Å². The van der Waals surface area contributed by atoms with Crippen molar-refractivity contribution in [3.05, 3.63) is 71.1 Å². The molecule has 150 valence electrons. The van der Waals surface area contributed by atoms with Crippen LogP contribution in [0.1, 0.15) is 34.3 Å². The highest BCUT2D eigenvalue weighted by molar-refractivity contribution is 5.94. The Labute approximate surface area is 162 Å². The molecule has 0 saturated carbocycles. The molecule has 3 N–H and O–H groups in total. The number of hydrogen-bond donors (Lipinski definition) is 3. The number of carbonyl (C=O) groups is 2. The number of nitrogens with zero attached hydrogens (tertiary/aromatic N) is 2. The van der Waals surface area contributed by atoms with E-state index in [0.717, 1.165) is 18.2 Å². The second-order valence-electron chi connectivity index (χ2n) is 6.06. The van der Waals surface area contributed by atoms with Crippen molar-refractivity contribution in [2.75, 3.05) is 0 Å². The zero-order valence-corrected chi connectivity index (χ0v) is 14.8. The van der Waals surface area contributed by atoms with Gasteiger partial charge in [-0.2, -0.15) is 4.98 Å². The molecule has 10 heteroatoms. The number of carboxylic acids is 1. The lowest BCUT2D eigenvalue weighted by atomic mass is 10.1. The van der Waals surface area contributed by atoms with Crippen LogP contribution in [0.3, 0.4) is 0 Å². The fourth-order valence-corrected chi connectivity index (χ4v) is 2.58. The van der Waals surface area contributed by atoms with Crippen molar-refractivity contribution in [3.8, 4) is 11.4 Å². The van der Waals surface area contributed by atoms with Crippen LogP contribution < -0.4 is 5.32 Å². The van der Waals surface area contributed by atoms with Gasteiger partial charge in [0.05, 0.1) is 18.6 Å². The van der Waals surface area contributed by atoms with Crippen molar-refractivity contribution in [2.45, 2.75) is 19.1 Å². The van der Waals surface area contributed by atoms with Gasteiger partial charge in [-0.3, -0.25) is 9.59 Å². The number of carbonyl (C=O) groups excluding carboxylic acids is 1. The third-order valence-corrected chi connectivity index (χ3v) is 3.96. The molecule has 3 aromatic rings. The Morgan fingerprint density at radius 2 is 1.97 bits per heavy atom. The van der Waals surface area contributed by atoms with Gasteiger partial charge in [-0.15, -0.1) is 0 Å². The summed E-state index contributed by atoms with van der Waals surface area (Å²) in [6.45, 7) is -0.272. The number of hydrogen-bond acceptors (Lipinski definition) is 6. The summed E-state index contributed by atoms with van der Waals surface area (Å²) in [7, 11) is 0. The van der Waals surface area contributed by atoms with Gasteiger partial charge in [0.2, 0.25) is 11.7 Å². The summed E-state index contributed by atoms with van der Waals surface area (Å²) < 4.78 is 32.3. The van der Waals surface area contributed by atoms with Crippen molar-refractivity contribution in [3.63, 3.8) is 0 Å². The number of rotatable bonds is 7. The van der Waals surface area contributed by atoms with Crippen molar-refractivity contribution in [1.82, 2.24) is 15.5 Å². The maximum Gasteiger partial charge on any atom is 0.305 e. The molecule has 8 nitrogen and oxygen atoms in total. The minimum absolute atomic E-state index is 0.183. The topological polar surface area (TPSA) is 126 Å². The van der Waals surface area contributed by atoms with Crippen molar-refractivity contribution >= 4 is 11.9 Å². The fraction of sp³-hybridized carbons (Fsp3) is 0.158. The van der Waals surface area contributed by atoms with E-state index < -0.39 is 36.0 Å². The van der Waals surface area contributed by atoms with Crippen LogP contribution in [-0.4, -0.2) is 32.2 Å². The molecule has 1 amide bonds. The largest absolute Gasteiger partial charge is 0.481 e. The van der Waals surface area contributed by atoms with Crippen LogP contribution in [0.2, 0.25) is 0 Å². The number of amides is 1. The van der Waals surface area contributed by atoms with Crippen LogP contribution in [0.5, 0.6) is 0 Å². The lowest BCUT2D eigenvalue weighted by molar-refractivity contribution is -0.137. The first-order chi connectivity index (χ1) is 13.9. The Morgan fingerprint density at radius 3 is 2.69 bits per heavy atom. The smallest absolute Gasteiger partial charge is 0.305 e. The van der Waals surface area contributed by atoms with Gasteiger partial charge in [0.1, 0.15) is 17.7 Å². The number of halogens is 2. The Balaban J connectivity index is 1.87. The zero-order chi connectivity index (χ0) is 21.0. The molecule has 0 fully saturated rings. The molecule has 1 heterocycles. The minimum atomic E-state index is -1.25. The van der Waals surface area contributed by atoms with E-state index in [9.17, 15) is 23.5 Å². The standard InChI is InChI=1S/C19H15F2N3O5/c20-12-4-5-14(21)13(7-12)17-23-19(29-24-17)15(8-16(26)27)22-18(28)11-3-1-2-10(6-11)9-25/h1-7,15,25H,8-9H2,(H,22,28)(H,26,27)/t15-/m0/s1. The number of aromatic nitrogens is 2. The van der Waals surface area contributed by atoms with Crippen LogP contribution in [0.15, 0.2) is 47.0 Å². The fourth-order valence-electron chi connectivity index (χ4n) is 2.58. The maximum atomic E-state index is 13.9. The third kappa shape index (κ3) is 4.79. The zero-order valence-electron chi connectivity index (χ0n) is 14.8. The Hall–Kier alpha value is -3.66. The molecule has 1 aromatic heterocycles. The monoisotopic (exact) mass is 403 g/mol. The summed E-state index contributed by atoms with van der Waals surface area (Å²) in [4.78, 5) is 27.6. The summed E-state index contributed by atoms with van der Waals surface area (Å²) in [6.07, 6.45) is -0.585. The molecule has 0 unspecified atom stereocenters. The molecule has 0 saturated heterocycles. The lowest BCUT2D eigenvalue weighted by Crippen LogP contribution is -2.30. The predicted octanol–water partition coefficient (Wildman–Crippen LogP) is 2.45. The Morgan fingerprint density at radius 1 is 1.17 bits per heavy atom. The minimum Gasteiger partial charge on any atom is -0.481 e. The number of aliphatic hydroxyl groups is 1. The van der Waals surface area contributed by atoms with Gasteiger partial charge < -0.3 is 20.1 Å². The summed E-state index contributed by atoms with van der Waals surface area (Å²) in [5.41, 5.74) is 0.410. The number of aliphatic carboxylic acids is 1. The molecular weight excluding hydrogens is 388 g/mol. The van der Waals surface area contributed by atoms with Crippen LogP contribution in [0.25, 0.3) is 11.4 Å². The molecule has 1 atom stereocenters. The molecule has 2 aromatic carbocycles. The van der Waals surface area contributed by atoms with Crippen LogP contribution in [0.4, 0.5) is 8.78 Å². The van der Waals surface area contributed by atoms with Gasteiger partial charge in [-0.25, -0.2) is 8.78 Å². The van der Waals surface area contributed by atoms with Crippen molar-refractivity contribution in [2.24, 2.45) is 0 Å². The first-order valence-electron chi connectivity index (χ1n) is 8.39. The van der Waals surface area contributed by atoms with E-state index >= 15 is 0 Å². The van der Waals surface area contributed by atoms with E-state index in [1.54, 1.807) is 12.1 Å². The summed E-state index contributed by atoms with van der Waals surface area (Å²) in [5, 5.41) is 24.3.